The number of aromatic amines is 1. The number of hydrogen-bond acceptors (Lipinski definition) is 4. The molecule has 0 unspecified atom stereocenters. The molecule has 0 spiro atoms. The molecule has 0 atom stereocenters. The Morgan fingerprint density at radius 2 is 2.21 bits per heavy atom. The van der Waals surface area contributed by atoms with Crippen LogP contribution in [0.1, 0.15) is 10.5 Å². The van der Waals surface area contributed by atoms with Crippen LogP contribution in [0.15, 0.2) is 30.3 Å². The fourth-order valence-electron chi connectivity index (χ4n) is 1.83. The highest BCUT2D eigenvalue weighted by Gasteiger charge is 2.12. The number of aromatic nitrogens is 2. The van der Waals surface area contributed by atoms with Crippen LogP contribution >= 0.6 is 11.3 Å². The average molecular weight is 274 g/mol. The minimum Gasteiger partial charge on any atom is -0.497 e. The first-order valence-electron chi connectivity index (χ1n) is 5.54. The van der Waals surface area contributed by atoms with Gasteiger partial charge in [-0.3, -0.25) is 5.10 Å². The van der Waals surface area contributed by atoms with Crippen LogP contribution in [0.4, 0.5) is 0 Å². The van der Waals surface area contributed by atoms with E-state index in [4.69, 9.17) is 9.84 Å². The van der Waals surface area contributed by atoms with E-state index in [-0.39, 0.29) is 5.69 Å². The lowest BCUT2D eigenvalue weighted by atomic mass is 10.2. The van der Waals surface area contributed by atoms with Crippen molar-refractivity contribution in [3.63, 3.8) is 0 Å². The summed E-state index contributed by atoms with van der Waals surface area (Å²) < 4.78 is 6.27. The van der Waals surface area contributed by atoms with Crippen molar-refractivity contribution in [1.82, 2.24) is 10.2 Å². The number of H-pyrrole nitrogens is 1. The van der Waals surface area contributed by atoms with Gasteiger partial charge in [0.05, 0.1) is 17.7 Å². The Hall–Kier alpha value is -2.34. The number of hydrogen-bond donors (Lipinski definition) is 2. The SMILES string of the molecule is COc1ccc2cc(-c3cc(C(=O)O)n[nH]3)sc2c1. The molecule has 0 aliphatic rings. The molecule has 6 heteroatoms. The van der Waals surface area contributed by atoms with Gasteiger partial charge in [-0.15, -0.1) is 11.3 Å². The van der Waals surface area contributed by atoms with Gasteiger partial charge in [0, 0.05) is 4.70 Å². The van der Waals surface area contributed by atoms with Crippen molar-refractivity contribution < 1.29 is 14.6 Å². The molecule has 3 rings (SSSR count). The number of carbonyl (C=O) groups is 1. The van der Waals surface area contributed by atoms with Crippen LogP contribution in [0, 0.1) is 0 Å². The summed E-state index contributed by atoms with van der Waals surface area (Å²) in [6, 6.07) is 9.36. The molecule has 2 N–H and O–H groups in total. The summed E-state index contributed by atoms with van der Waals surface area (Å²) in [6.45, 7) is 0. The van der Waals surface area contributed by atoms with E-state index in [2.05, 4.69) is 10.2 Å². The Morgan fingerprint density at radius 1 is 1.37 bits per heavy atom. The third-order valence-corrected chi connectivity index (χ3v) is 3.92. The van der Waals surface area contributed by atoms with Crippen LogP contribution in [0.2, 0.25) is 0 Å². The summed E-state index contributed by atoms with van der Waals surface area (Å²) >= 11 is 1.56. The molecule has 19 heavy (non-hydrogen) atoms. The summed E-state index contributed by atoms with van der Waals surface area (Å²) in [6.07, 6.45) is 0. The Labute approximate surface area is 112 Å². The zero-order valence-corrected chi connectivity index (χ0v) is 10.8. The van der Waals surface area contributed by atoms with Crippen LogP contribution in [0.25, 0.3) is 20.7 Å². The molecule has 0 amide bonds. The zero-order chi connectivity index (χ0) is 13.4. The maximum atomic E-state index is 10.8. The molecule has 0 aliphatic heterocycles. The van der Waals surface area contributed by atoms with E-state index < -0.39 is 5.97 Å². The fraction of sp³-hybridized carbons (Fsp3) is 0.0769. The summed E-state index contributed by atoms with van der Waals surface area (Å²) in [5, 5.41) is 16.4. The summed E-state index contributed by atoms with van der Waals surface area (Å²) in [5.74, 6) is -0.234. The van der Waals surface area contributed by atoms with Crippen molar-refractivity contribution in [3.05, 3.63) is 36.0 Å². The largest absolute Gasteiger partial charge is 0.497 e. The van der Waals surface area contributed by atoms with E-state index in [9.17, 15) is 4.79 Å². The van der Waals surface area contributed by atoms with Crippen LogP contribution in [0.5, 0.6) is 5.75 Å². The van der Waals surface area contributed by atoms with Gasteiger partial charge in [-0.1, -0.05) is 0 Å². The van der Waals surface area contributed by atoms with Crippen molar-refractivity contribution >= 4 is 27.4 Å². The number of aromatic carboxylic acids is 1. The van der Waals surface area contributed by atoms with E-state index in [0.29, 0.717) is 5.69 Å². The molecule has 5 nitrogen and oxygen atoms in total. The van der Waals surface area contributed by atoms with E-state index in [0.717, 1.165) is 20.7 Å². The second-order valence-corrected chi connectivity index (χ2v) is 5.07. The minimum atomic E-state index is -1.04. The lowest BCUT2D eigenvalue weighted by molar-refractivity contribution is 0.0690. The lowest BCUT2D eigenvalue weighted by Gasteiger charge is -1.97. The molecule has 0 saturated carbocycles. The lowest BCUT2D eigenvalue weighted by Crippen LogP contribution is -1.95. The molecule has 0 aliphatic carbocycles. The van der Waals surface area contributed by atoms with Crippen LogP contribution < -0.4 is 4.74 Å². The first kappa shape index (κ1) is 11.7. The number of fused-ring (bicyclic) bond motifs is 1. The van der Waals surface area contributed by atoms with Crippen molar-refractivity contribution in [1.29, 1.82) is 0 Å². The number of rotatable bonds is 3. The van der Waals surface area contributed by atoms with Crippen molar-refractivity contribution in [2.24, 2.45) is 0 Å². The van der Waals surface area contributed by atoms with Gasteiger partial charge in [0.25, 0.3) is 0 Å². The highest BCUT2D eigenvalue weighted by molar-refractivity contribution is 7.22. The van der Waals surface area contributed by atoms with E-state index in [1.165, 1.54) is 6.07 Å². The molecule has 1 aromatic carbocycles. The van der Waals surface area contributed by atoms with Gasteiger partial charge in [-0.25, -0.2) is 4.79 Å². The van der Waals surface area contributed by atoms with Gasteiger partial charge in [-0.2, -0.15) is 5.10 Å². The molecule has 96 valence electrons. The minimum absolute atomic E-state index is 0.0186. The smallest absolute Gasteiger partial charge is 0.356 e. The fourth-order valence-corrected chi connectivity index (χ4v) is 2.89. The van der Waals surface area contributed by atoms with Gasteiger partial charge >= 0.3 is 5.97 Å². The molecule has 0 saturated heterocycles. The average Bonchev–Trinajstić information content (AvgIpc) is 3.04. The van der Waals surface area contributed by atoms with Gasteiger partial charge in [-0.05, 0) is 35.7 Å². The van der Waals surface area contributed by atoms with Crippen LogP contribution in [-0.4, -0.2) is 28.4 Å². The number of carboxylic acids is 1. The number of ether oxygens (including phenoxy) is 1. The third-order valence-electron chi connectivity index (χ3n) is 2.79. The Morgan fingerprint density at radius 3 is 2.89 bits per heavy atom. The van der Waals surface area contributed by atoms with Crippen LogP contribution in [0.3, 0.4) is 0 Å². The van der Waals surface area contributed by atoms with E-state index >= 15 is 0 Å². The van der Waals surface area contributed by atoms with E-state index in [1.807, 2.05) is 24.3 Å². The van der Waals surface area contributed by atoms with E-state index in [1.54, 1.807) is 18.4 Å². The standard InChI is InChI=1S/C13H10N2O3S/c1-18-8-3-2-7-4-12(19-11(7)5-8)9-6-10(13(16)17)15-14-9/h2-6H,1H3,(H,14,15)(H,16,17). The molecule has 0 radical (unpaired) electrons. The maximum Gasteiger partial charge on any atom is 0.356 e. The molecule has 0 bridgehead atoms. The van der Waals surface area contributed by atoms with Gasteiger partial charge in [0.1, 0.15) is 5.75 Å². The maximum absolute atomic E-state index is 10.8. The Balaban J connectivity index is 2.06. The second-order valence-electron chi connectivity index (χ2n) is 3.99. The highest BCUT2D eigenvalue weighted by atomic mass is 32.1. The number of nitrogens with zero attached hydrogens (tertiary/aromatic N) is 1. The Kier molecular flexibility index (Phi) is 2.72. The number of thiophene rings is 1. The zero-order valence-electron chi connectivity index (χ0n) is 10.0. The monoisotopic (exact) mass is 274 g/mol. The number of carboxylic acid groups (broad SMARTS) is 1. The summed E-state index contributed by atoms with van der Waals surface area (Å²) in [5.41, 5.74) is 0.725. The molecular formula is C13H10N2O3S. The van der Waals surface area contributed by atoms with Crippen LogP contribution in [-0.2, 0) is 0 Å². The van der Waals surface area contributed by atoms with Gasteiger partial charge in [0.2, 0.25) is 0 Å². The second kappa shape index (κ2) is 4.40. The van der Waals surface area contributed by atoms with Crippen molar-refractivity contribution in [2.75, 3.05) is 7.11 Å². The molecule has 2 aromatic heterocycles. The van der Waals surface area contributed by atoms with Crippen molar-refractivity contribution in [2.45, 2.75) is 0 Å². The number of methoxy groups -OCH3 is 1. The number of benzene rings is 1. The predicted octanol–water partition coefficient (Wildman–Crippen LogP) is 3.00. The normalized spacial score (nSPS) is 10.8. The molecule has 3 aromatic rings. The summed E-state index contributed by atoms with van der Waals surface area (Å²) in [4.78, 5) is 11.8. The number of nitrogens with one attached hydrogen (secondary N) is 1. The quantitative estimate of drug-likeness (QED) is 0.769. The first-order chi connectivity index (χ1) is 9.17. The molecule has 0 fully saturated rings. The predicted molar refractivity (Wildman–Crippen MR) is 72.9 cm³/mol. The van der Waals surface area contributed by atoms with Crippen molar-refractivity contribution in [3.8, 4) is 16.3 Å². The summed E-state index contributed by atoms with van der Waals surface area (Å²) in [7, 11) is 1.63. The highest BCUT2D eigenvalue weighted by Crippen LogP contribution is 2.34. The van der Waals surface area contributed by atoms with Gasteiger partial charge < -0.3 is 9.84 Å². The van der Waals surface area contributed by atoms with Gasteiger partial charge in [0.15, 0.2) is 5.69 Å². The first-order valence-corrected chi connectivity index (χ1v) is 6.35. The molecular weight excluding hydrogens is 264 g/mol. The Bertz CT molecular complexity index is 760. The molecule has 2 heterocycles. The topological polar surface area (TPSA) is 75.2 Å². The third kappa shape index (κ3) is 2.06.